The van der Waals surface area contributed by atoms with Crippen LogP contribution in [0.4, 0.5) is 5.69 Å². The Bertz CT molecular complexity index is 692. The summed E-state index contributed by atoms with van der Waals surface area (Å²) in [5.41, 5.74) is 1.59. The number of benzene rings is 1. The first-order chi connectivity index (χ1) is 9.61. The van der Waals surface area contributed by atoms with Crippen molar-refractivity contribution in [1.82, 2.24) is 4.98 Å². The largest absolute Gasteiger partial charge is 0.488 e. The first-order valence-corrected chi connectivity index (χ1v) is 5.83. The maximum atomic E-state index is 10.8. The van der Waals surface area contributed by atoms with Crippen LogP contribution in [-0.2, 0) is 6.61 Å². The number of nitro benzene ring substituents is 1. The van der Waals surface area contributed by atoms with Crippen LogP contribution in [0.5, 0.6) is 5.75 Å². The number of pyridine rings is 1. The van der Waals surface area contributed by atoms with E-state index in [4.69, 9.17) is 10.00 Å². The smallest absolute Gasteiger partial charge is 0.276 e. The molecule has 20 heavy (non-hydrogen) atoms. The number of nitrogens with zero attached hydrogens (tertiary/aromatic N) is 3. The van der Waals surface area contributed by atoms with Crippen molar-refractivity contribution in [3.63, 3.8) is 0 Å². The predicted octanol–water partition coefficient (Wildman–Crippen LogP) is 2.75. The van der Waals surface area contributed by atoms with Gasteiger partial charge in [0.2, 0.25) is 0 Å². The van der Waals surface area contributed by atoms with Crippen LogP contribution in [0.1, 0.15) is 16.8 Å². The van der Waals surface area contributed by atoms with E-state index < -0.39 is 4.92 Å². The zero-order chi connectivity index (χ0) is 14.5. The Labute approximate surface area is 115 Å². The van der Waals surface area contributed by atoms with E-state index in [0.717, 1.165) is 5.56 Å². The first kappa shape index (κ1) is 13.5. The quantitative estimate of drug-likeness (QED) is 0.628. The van der Waals surface area contributed by atoms with Gasteiger partial charge in [0.25, 0.3) is 5.69 Å². The third kappa shape index (κ3) is 2.90. The van der Waals surface area contributed by atoms with E-state index in [1.54, 1.807) is 31.2 Å². The van der Waals surface area contributed by atoms with Gasteiger partial charge < -0.3 is 4.74 Å². The number of ether oxygens (including phenoxy) is 1. The second-order valence-corrected chi connectivity index (χ2v) is 4.11. The molecule has 0 spiro atoms. The van der Waals surface area contributed by atoms with Crippen molar-refractivity contribution < 1.29 is 9.66 Å². The van der Waals surface area contributed by atoms with Crippen LogP contribution in [0.3, 0.4) is 0 Å². The Balaban J connectivity index is 2.17. The van der Waals surface area contributed by atoms with Crippen molar-refractivity contribution in [1.29, 1.82) is 5.26 Å². The lowest BCUT2D eigenvalue weighted by Gasteiger charge is -2.09. The molecule has 0 bridgehead atoms. The number of rotatable bonds is 4. The Kier molecular flexibility index (Phi) is 3.91. The van der Waals surface area contributed by atoms with Crippen LogP contribution in [0.2, 0.25) is 0 Å². The van der Waals surface area contributed by atoms with Gasteiger partial charge in [0.15, 0.2) is 0 Å². The van der Waals surface area contributed by atoms with Gasteiger partial charge in [0, 0.05) is 12.3 Å². The average Bonchev–Trinajstić information content (AvgIpc) is 2.46. The minimum atomic E-state index is -0.442. The fraction of sp³-hybridized carbons (Fsp3) is 0.143. The molecule has 0 aliphatic heterocycles. The summed E-state index contributed by atoms with van der Waals surface area (Å²) in [6, 6.07) is 9.98. The molecule has 0 radical (unpaired) electrons. The summed E-state index contributed by atoms with van der Waals surface area (Å²) in [6.45, 7) is 1.86. The summed E-state index contributed by atoms with van der Waals surface area (Å²) in [7, 11) is 0. The molecule has 2 rings (SSSR count). The summed E-state index contributed by atoms with van der Waals surface area (Å²) < 4.78 is 5.57. The van der Waals surface area contributed by atoms with Crippen LogP contribution in [0.25, 0.3) is 0 Å². The van der Waals surface area contributed by atoms with Crippen molar-refractivity contribution in [2.75, 3.05) is 0 Å². The molecule has 0 atom stereocenters. The molecule has 0 amide bonds. The highest BCUT2D eigenvalue weighted by Crippen LogP contribution is 2.27. The van der Waals surface area contributed by atoms with Gasteiger partial charge in [-0.25, -0.2) is 4.98 Å². The van der Waals surface area contributed by atoms with E-state index in [9.17, 15) is 10.1 Å². The number of hydrogen-bond donors (Lipinski definition) is 0. The zero-order valence-electron chi connectivity index (χ0n) is 10.7. The second-order valence-electron chi connectivity index (χ2n) is 4.11. The molecule has 1 aromatic carbocycles. The Morgan fingerprint density at radius 1 is 1.45 bits per heavy atom. The Hall–Kier alpha value is -2.94. The van der Waals surface area contributed by atoms with Crippen molar-refractivity contribution in [2.45, 2.75) is 13.5 Å². The SMILES string of the molecule is Cc1c(OCc2ccnc(C#N)c2)cccc1[N+](=O)[O-]. The summed E-state index contributed by atoms with van der Waals surface area (Å²) in [4.78, 5) is 14.3. The fourth-order valence-electron chi connectivity index (χ4n) is 1.74. The lowest BCUT2D eigenvalue weighted by atomic mass is 10.2. The van der Waals surface area contributed by atoms with Gasteiger partial charge in [0.05, 0.1) is 10.5 Å². The zero-order valence-corrected chi connectivity index (χ0v) is 10.7. The third-order valence-corrected chi connectivity index (χ3v) is 2.79. The Morgan fingerprint density at radius 3 is 2.95 bits per heavy atom. The minimum absolute atomic E-state index is 0.0231. The molecule has 6 heteroatoms. The molecular formula is C14H11N3O3. The summed E-state index contributed by atoms with van der Waals surface area (Å²) in [5.74, 6) is 0.453. The molecule has 0 saturated carbocycles. The standard InChI is InChI=1S/C14H11N3O3/c1-10-13(17(18)19)3-2-4-14(10)20-9-11-5-6-16-12(7-11)8-15/h2-7H,9H2,1H3. The van der Waals surface area contributed by atoms with Gasteiger partial charge in [0.1, 0.15) is 24.1 Å². The first-order valence-electron chi connectivity index (χ1n) is 5.83. The van der Waals surface area contributed by atoms with Gasteiger partial charge in [-0.05, 0) is 30.7 Å². The molecular weight excluding hydrogens is 258 g/mol. The van der Waals surface area contributed by atoms with E-state index in [1.165, 1.54) is 12.3 Å². The predicted molar refractivity (Wildman–Crippen MR) is 71.1 cm³/mol. The van der Waals surface area contributed by atoms with Gasteiger partial charge >= 0.3 is 0 Å². The molecule has 0 aliphatic rings. The van der Waals surface area contributed by atoms with E-state index in [1.807, 2.05) is 6.07 Å². The summed E-state index contributed by atoms with van der Waals surface area (Å²) in [5, 5.41) is 19.6. The molecule has 0 N–H and O–H groups in total. The minimum Gasteiger partial charge on any atom is -0.488 e. The fourth-order valence-corrected chi connectivity index (χ4v) is 1.74. The molecule has 6 nitrogen and oxygen atoms in total. The molecule has 2 aromatic rings. The lowest BCUT2D eigenvalue weighted by molar-refractivity contribution is -0.385. The van der Waals surface area contributed by atoms with Crippen LogP contribution >= 0.6 is 0 Å². The van der Waals surface area contributed by atoms with Crippen molar-refractivity contribution in [3.05, 3.63) is 63.5 Å². The number of aromatic nitrogens is 1. The van der Waals surface area contributed by atoms with E-state index in [0.29, 0.717) is 17.0 Å². The molecule has 1 aromatic heterocycles. The van der Waals surface area contributed by atoms with Crippen molar-refractivity contribution in [2.24, 2.45) is 0 Å². The van der Waals surface area contributed by atoms with E-state index in [-0.39, 0.29) is 12.3 Å². The lowest BCUT2D eigenvalue weighted by Crippen LogP contribution is -2.00. The number of nitro groups is 1. The average molecular weight is 269 g/mol. The van der Waals surface area contributed by atoms with E-state index >= 15 is 0 Å². The summed E-state index contributed by atoms with van der Waals surface area (Å²) >= 11 is 0. The van der Waals surface area contributed by atoms with Crippen LogP contribution in [-0.4, -0.2) is 9.91 Å². The van der Waals surface area contributed by atoms with Crippen LogP contribution in [0.15, 0.2) is 36.5 Å². The maximum Gasteiger partial charge on any atom is 0.276 e. The highest BCUT2D eigenvalue weighted by molar-refractivity contribution is 5.48. The molecule has 0 unspecified atom stereocenters. The monoisotopic (exact) mass is 269 g/mol. The van der Waals surface area contributed by atoms with Crippen LogP contribution < -0.4 is 4.74 Å². The molecule has 100 valence electrons. The topological polar surface area (TPSA) is 89.0 Å². The second kappa shape index (κ2) is 5.80. The maximum absolute atomic E-state index is 10.8. The van der Waals surface area contributed by atoms with Gasteiger partial charge in [-0.1, -0.05) is 6.07 Å². The molecule has 0 fully saturated rings. The van der Waals surface area contributed by atoms with Crippen LogP contribution in [0, 0.1) is 28.4 Å². The van der Waals surface area contributed by atoms with Crippen molar-refractivity contribution in [3.8, 4) is 11.8 Å². The highest BCUT2D eigenvalue weighted by Gasteiger charge is 2.14. The van der Waals surface area contributed by atoms with Gasteiger partial charge in [-0.3, -0.25) is 10.1 Å². The van der Waals surface area contributed by atoms with E-state index in [2.05, 4.69) is 4.98 Å². The number of hydrogen-bond acceptors (Lipinski definition) is 5. The Morgan fingerprint density at radius 2 is 2.25 bits per heavy atom. The molecule has 0 saturated heterocycles. The summed E-state index contributed by atoms with van der Waals surface area (Å²) in [6.07, 6.45) is 1.53. The van der Waals surface area contributed by atoms with Gasteiger partial charge in [-0.15, -0.1) is 0 Å². The normalized spacial score (nSPS) is 9.80. The third-order valence-electron chi connectivity index (χ3n) is 2.79. The van der Waals surface area contributed by atoms with Crippen molar-refractivity contribution >= 4 is 5.69 Å². The molecule has 1 heterocycles. The molecule has 0 aliphatic carbocycles. The highest BCUT2D eigenvalue weighted by atomic mass is 16.6. The van der Waals surface area contributed by atoms with Gasteiger partial charge in [-0.2, -0.15) is 5.26 Å². The number of nitriles is 1.